The predicted octanol–water partition coefficient (Wildman–Crippen LogP) is 5.76. The first-order valence-corrected chi connectivity index (χ1v) is 11.6. The third-order valence-corrected chi connectivity index (χ3v) is 6.90. The number of piperidine rings is 1. The first-order chi connectivity index (χ1) is 15.2. The number of nitrogens with one attached hydrogen (secondary N) is 1. The van der Waals surface area contributed by atoms with Gasteiger partial charge in [0, 0.05) is 39.6 Å². The lowest BCUT2D eigenvalue weighted by atomic mass is 10.0. The molecule has 5 rings (SSSR count). The number of fused-ring (bicyclic) bond motifs is 2. The summed E-state index contributed by atoms with van der Waals surface area (Å²) < 4.78 is 0. The molecule has 0 atom stereocenters. The largest absolute Gasteiger partial charge is 0.285 e. The highest BCUT2D eigenvalue weighted by Gasteiger charge is 2.20. The number of nitrogens with zero attached hydrogens (tertiary/aromatic N) is 2. The van der Waals surface area contributed by atoms with Crippen LogP contribution in [0.15, 0.2) is 81.5 Å². The highest BCUT2D eigenvalue weighted by Crippen LogP contribution is 2.41. The molecule has 2 aliphatic rings. The molecule has 1 amide bonds. The summed E-state index contributed by atoms with van der Waals surface area (Å²) in [7, 11) is 0. The molecule has 0 radical (unpaired) electrons. The number of hydrogen-bond acceptors (Lipinski definition) is 4. The summed E-state index contributed by atoms with van der Waals surface area (Å²) in [6.45, 7) is 3.92. The highest BCUT2D eigenvalue weighted by atomic mass is 32.2. The van der Waals surface area contributed by atoms with Gasteiger partial charge in [0.25, 0.3) is 5.91 Å². The second-order valence-electron chi connectivity index (χ2n) is 8.10. The summed E-state index contributed by atoms with van der Waals surface area (Å²) in [5.74, 6) is -0.0662. The molecular formula is C26H25N3OS. The van der Waals surface area contributed by atoms with Crippen molar-refractivity contribution in [2.24, 2.45) is 4.99 Å². The lowest BCUT2D eigenvalue weighted by Gasteiger charge is -2.26. The minimum Gasteiger partial charge on any atom is -0.285 e. The van der Waals surface area contributed by atoms with Crippen molar-refractivity contribution in [3.8, 4) is 0 Å². The Hall–Kier alpha value is -2.89. The summed E-state index contributed by atoms with van der Waals surface area (Å²) in [4.78, 5) is 20.2. The van der Waals surface area contributed by atoms with E-state index in [0.717, 1.165) is 53.4 Å². The van der Waals surface area contributed by atoms with E-state index in [0.29, 0.717) is 5.56 Å². The Labute approximate surface area is 187 Å². The fraction of sp³-hybridized carbons (Fsp3) is 0.231. The molecule has 156 valence electrons. The third-order valence-electron chi connectivity index (χ3n) is 5.76. The molecule has 3 aromatic carbocycles. The smallest absolute Gasteiger partial charge is 0.265 e. The summed E-state index contributed by atoms with van der Waals surface area (Å²) in [6.07, 6.45) is 3.49. The van der Waals surface area contributed by atoms with Gasteiger partial charge in [-0.3, -0.25) is 10.2 Å². The zero-order valence-electron chi connectivity index (χ0n) is 17.6. The van der Waals surface area contributed by atoms with Crippen LogP contribution in [0.25, 0.3) is 0 Å². The normalized spacial score (nSPS) is 16.0. The van der Waals surface area contributed by atoms with Crippen LogP contribution < -0.4 is 5.43 Å². The number of carbonyl (C=O) groups excluding carboxylic acids is 1. The molecule has 5 heteroatoms. The van der Waals surface area contributed by atoms with Crippen LogP contribution in [0.3, 0.4) is 0 Å². The molecule has 0 bridgehead atoms. The van der Waals surface area contributed by atoms with Crippen molar-refractivity contribution in [2.75, 3.05) is 13.1 Å². The maximum Gasteiger partial charge on any atom is 0.265 e. The van der Waals surface area contributed by atoms with Gasteiger partial charge in [-0.1, -0.05) is 66.2 Å². The first kappa shape index (κ1) is 20.0. The number of aliphatic imine (C=N–C) groups is 1. The second-order valence-corrected chi connectivity index (χ2v) is 9.18. The Morgan fingerprint density at radius 3 is 2.52 bits per heavy atom. The third kappa shape index (κ3) is 4.29. The average molecular weight is 428 g/mol. The van der Waals surface area contributed by atoms with Crippen molar-refractivity contribution in [1.29, 1.82) is 0 Å². The van der Waals surface area contributed by atoms with Crippen molar-refractivity contribution in [2.45, 2.75) is 36.0 Å². The maximum atomic E-state index is 12.9. The van der Waals surface area contributed by atoms with Crippen LogP contribution in [0.4, 0.5) is 5.69 Å². The zero-order valence-corrected chi connectivity index (χ0v) is 18.4. The molecular weight excluding hydrogens is 402 g/mol. The van der Waals surface area contributed by atoms with Crippen LogP contribution in [0, 0.1) is 6.92 Å². The predicted molar refractivity (Wildman–Crippen MR) is 126 cm³/mol. The van der Waals surface area contributed by atoms with E-state index in [1.165, 1.54) is 16.9 Å². The van der Waals surface area contributed by atoms with E-state index in [1.54, 1.807) is 11.8 Å². The zero-order chi connectivity index (χ0) is 21.2. The van der Waals surface area contributed by atoms with Crippen molar-refractivity contribution in [1.82, 2.24) is 10.4 Å². The second kappa shape index (κ2) is 8.69. The van der Waals surface area contributed by atoms with Crippen molar-refractivity contribution in [3.63, 3.8) is 0 Å². The summed E-state index contributed by atoms with van der Waals surface area (Å²) >= 11 is 1.70. The van der Waals surface area contributed by atoms with Gasteiger partial charge in [-0.2, -0.15) is 0 Å². The Bertz CT molecular complexity index is 1150. The lowest BCUT2D eigenvalue weighted by Crippen LogP contribution is -2.45. The number of rotatable bonds is 3. The molecule has 1 fully saturated rings. The van der Waals surface area contributed by atoms with Gasteiger partial charge in [-0.25, -0.2) is 10.0 Å². The Kier molecular flexibility index (Phi) is 5.62. The van der Waals surface area contributed by atoms with Crippen LogP contribution in [0.5, 0.6) is 0 Å². The van der Waals surface area contributed by atoms with Crippen molar-refractivity contribution < 1.29 is 4.79 Å². The SMILES string of the molecule is Cc1ccc(C2=Nc3cc(C(=O)NN4CCCCC4)ccc3Sc3ccccc32)cc1. The first-order valence-electron chi connectivity index (χ1n) is 10.8. The minimum atomic E-state index is -0.0662. The van der Waals surface area contributed by atoms with Gasteiger partial charge in [0.05, 0.1) is 11.4 Å². The van der Waals surface area contributed by atoms with E-state index in [9.17, 15) is 4.79 Å². The summed E-state index contributed by atoms with van der Waals surface area (Å²) in [5.41, 5.74) is 8.90. The van der Waals surface area contributed by atoms with Gasteiger partial charge in [0.2, 0.25) is 0 Å². The van der Waals surface area contributed by atoms with Crippen LogP contribution in [0.2, 0.25) is 0 Å². The standard InChI is InChI=1S/C26H25N3OS/c1-18-9-11-19(12-10-18)25-21-7-3-4-8-23(21)31-24-14-13-20(17-22(24)27-25)26(30)28-29-15-5-2-6-16-29/h3-4,7-14,17H,2,5-6,15-16H2,1H3,(H,28,30). The van der Waals surface area contributed by atoms with Crippen molar-refractivity contribution >= 4 is 29.1 Å². The number of benzene rings is 3. The quantitative estimate of drug-likeness (QED) is 0.452. The molecule has 0 aliphatic carbocycles. The molecule has 3 aromatic rings. The maximum absolute atomic E-state index is 12.9. The van der Waals surface area contributed by atoms with E-state index in [-0.39, 0.29) is 5.91 Å². The minimum absolute atomic E-state index is 0.0662. The van der Waals surface area contributed by atoms with E-state index in [4.69, 9.17) is 4.99 Å². The van der Waals surface area contributed by atoms with Crippen LogP contribution >= 0.6 is 11.8 Å². The fourth-order valence-corrected chi connectivity index (χ4v) is 5.03. The molecule has 0 unspecified atom stereocenters. The van der Waals surface area contributed by atoms with Gasteiger partial charge < -0.3 is 0 Å². The van der Waals surface area contributed by atoms with E-state index >= 15 is 0 Å². The van der Waals surface area contributed by atoms with E-state index in [1.807, 2.05) is 23.2 Å². The van der Waals surface area contributed by atoms with Gasteiger partial charge in [0.1, 0.15) is 0 Å². The lowest BCUT2D eigenvalue weighted by molar-refractivity contribution is 0.0750. The van der Waals surface area contributed by atoms with E-state index in [2.05, 4.69) is 60.9 Å². The molecule has 0 saturated carbocycles. The Morgan fingerprint density at radius 2 is 1.71 bits per heavy atom. The molecule has 1 saturated heterocycles. The molecule has 2 heterocycles. The Balaban J connectivity index is 1.54. The molecule has 4 nitrogen and oxygen atoms in total. The monoisotopic (exact) mass is 427 g/mol. The summed E-state index contributed by atoms with van der Waals surface area (Å²) in [6, 6.07) is 22.7. The molecule has 2 aliphatic heterocycles. The molecule has 1 N–H and O–H groups in total. The number of hydrogen-bond donors (Lipinski definition) is 1. The van der Waals surface area contributed by atoms with Crippen LogP contribution in [0.1, 0.15) is 46.3 Å². The molecule has 31 heavy (non-hydrogen) atoms. The van der Waals surface area contributed by atoms with Gasteiger partial charge in [-0.15, -0.1) is 0 Å². The average Bonchev–Trinajstić information content (AvgIpc) is 2.96. The van der Waals surface area contributed by atoms with Gasteiger partial charge in [0.15, 0.2) is 0 Å². The van der Waals surface area contributed by atoms with Crippen LogP contribution in [-0.2, 0) is 0 Å². The number of hydrazine groups is 1. The van der Waals surface area contributed by atoms with Crippen LogP contribution in [-0.4, -0.2) is 29.7 Å². The number of carbonyl (C=O) groups is 1. The topological polar surface area (TPSA) is 44.7 Å². The van der Waals surface area contributed by atoms with Crippen molar-refractivity contribution in [3.05, 3.63) is 89.0 Å². The van der Waals surface area contributed by atoms with E-state index < -0.39 is 0 Å². The summed E-state index contributed by atoms with van der Waals surface area (Å²) in [5, 5.41) is 2.03. The fourth-order valence-electron chi connectivity index (χ4n) is 4.03. The highest BCUT2D eigenvalue weighted by molar-refractivity contribution is 7.99. The number of amides is 1. The molecule has 0 spiro atoms. The Morgan fingerprint density at radius 1 is 0.935 bits per heavy atom. The number of aryl methyl sites for hydroxylation is 1. The molecule has 0 aromatic heterocycles. The van der Waals surface area contributed by atoms with Gasteiger partial charge in [-0.05, 0) is 44.0 Å². The van der Waals surface area contributed by atoms with Gasteiger partial charge >= 0.3 is 0 Å².